The number of ether oxygens (including phenoxy) is 1. The number of rotatable bonds is 6. The number of benzene rings is 2. The minimum atomic E-state index is -0.632. The normalized spacial score (nSPS) is 11.9. The van der Waals surface area contributed by atoms with Crippen molar-refractivity contribution in [2.24, 2.45) is 0 Å². The molecule has 1 atom stereocenters. The lowest BCUT2D eigenvalue weighted by Gasteiger charge is -2.18. The number of aromatic nitrogens is 3. The number of aromatic amines is 1. The average molecular weight is 372 g/mol. The smallest absolute Gasteiger partial charge is 0.227 e. The highest BCUT2D eigenvalue weighted by Gasteiger charge is 2.25. The number of ketones is 1. The van der Waals surface area contributed by atoms with Gasteiger partial charge in [-0.05, 0) is 18.6 Å². The Morgan fingerprint density at radius 2 is 1.82 bits per heavy atom. The molecule has 6 nitrogen and oxygen atoms in total. The number of aryl methyl sites for hydroxylation is 1. The number of carbonyl (C=O) groups excluding carboxylic acids is 1. The van der Waals surface area contributed by atoms with Crippen LogP contribution in [0, 0.1) is 6.92 Å². The van der Waals surface area contributed by atoms with Gasteiger partial charge in [-0.3, -0.25) is 4.79 Å². The van der Waals surface area contributed by atoms with Gasteiger partial charge in [0.25, 0.3) is 0 Å². The second-order valence-electron chi connectivity index (χ2n) is 6.48. The fourth-order valence-corrected chi connectivity index (χ4v) is 3.21. The highest BCUT2D eigenvalue weighted by molar-refractivity contribution is 6.11. The zero-order chi connectivity index (χ0) is 19.5. The third kappa shape index (κ3) is 3.44. The summed E-state index contributed by atoms with van der Waals surface area (Å²) in [6, 6.07) is 18.4. The maximum atomic E-state index is 13.5. The molecule has 2 aromatic heterocycles. The number of nitrogens with zero attached hydrogens (tertiary/aromatic N) is 2. The number of carbonyl (C=O) groups is 1. The average Bonchev–Trinajstić information content (AvgIpc) is 3.16. The highest BCUT2D eigenvalue weighted by Crippen LogP contribution is 2.27. The maximum absolute atomic E-state index is 13.5. The lowest BCUT2D eigenvalue weighted by Crippen LogP contribution is -2.22. The summed E-state index contributed by atoms with van der Waals surface area (Å²) in [4.78, 5) is 25.4. The standard InChI is InChI=1S/C22H20N4O2/c1-14-12-19(28-2)25-22(24-14)26-20(15-8-4-3-5-9-15)21(27)17-13-23-18-11-7-6-10-16(17)18/h3-13,20,23H,1-2H3,(H,24,25,26). The van der Waals surface area contributed by atoms with Crippen LogP contribution in [0.1, 0.15) is 27.7 Å². The molecule has 0 aliphatic rings. The zero-order valence-corrected chi connectivity index (χ0v) is 15.6. The first-order valence-corrected chi connectivity index (χ1v) is 8.97. The topological polar surface area (TPSA) is 79.9 Å². The van der Waals surface area contributed by atoms with Crippen molar-refractivity contribution < 1.29 is 9.53 Å². The Morgan fingerprint density at radius 1 is 1.07 bits per heavy atom. The van der Waals surface area contributed by atoms with Crippen molar-refractivity contribution in [1.82, 2.24) is 15.0 Å². The Kier molecular flexibility index (Phi) is 4.76. The van der Waals surface area contributed by atoms with Gasteiger partial charge in [-0.2, -0.15) is 4.98 Å². The van der Waals surface area contributed by atoms with Crippen LogP contribution in [0.2, 0.25) is 0 Å². The largest absolute Gasteiger partial charge is 0.481 e. The number of Topliss-reactive ketones (excluding diaryl/α,β-unsaturated/α-hetero) is 1. The molecule has 0 aliphatic heterocycles. The van der Waals surface area contributed by atoms with Gasteiger partial charge in [0, 0.05) is 34.4 Å². The van der Waals surface area contributed by atoms with E-state index in [1.54, 1.807) is 19.4 Å². The lowest BCUT2D eigenvalue weighted by atomic mass is 9.97. The third-order valence-electron chi connectivity index (χ3n) is 4.56. The van der Waals surface area contributed by atoms with E-state index in [0.29, 0.717) is 17.4 Å². The van der Waals surface area contributed by atoms with E-state index in [1.165, 1.54) is 0 Å². The van der Waals surface area contributed by atoms with E-state index in [4.69, 9.17) is 4.74 Å². The van der Waals surface area contributed by atoms with Crippen molar-refractivity contribution in [3.8, 4) is 5.88 Å². The Hall–Kier alpha value is -3.67. The molecule has 0 radical (unpaired) electrons. The number of para-hydroxylation sites is 1. The Morgan fingerprint density at radius 3 is 2.61 bits per heavy atom. The molecule has 28 heavy (non-hydrogen) atoms. The van der Waals surface area contributed by atoms with Crippen LogP contribution in [0.4, 0.5) is 5.95 Å². The number of H-pyrrole nitrogens is 1. The van der Waals surface area contributed by atoms with E-state index in [-0.39, 0.29) is 5.78 Å². The first kappa shape index (κ1) is 17.7. The minimum Gasteiger partial charge on any atom is -0.481 e. The van der Waals surface area contributed by atoms with Crippen molar-refractivity contribution in [2.75, 3.05) is 12.4 Å². The fraction of sp³-hybridized carbons (Fsp3) is 0.136. The molecule has 2 aromatic carbocycles. The van der Waals surface area contributed by atoms with Crippen LogP contribution in [0.3, 0.4) is 0 Å². The first-order valence-electron chi connectivity index (χ1n) is 8.97. The molecule has 0 spiro atoms. The molecular weight excluding hydrogens is 352 g/mol. The second kappa shape index (κ2) is 7.52. The van der Waals surface area contributed by atoms with Crippen molar-refractivity contribution in [1.29, 1.82) is 0 Å². The fourth-order valence-electron chi connectivity index (χ4n) is 3.21. The van der Waals surface area contributed by atoms with E-state index < -0.39 is 6.04 Å². The number of anilines is 1. The lowest BCUT2D eigenvalue weighted by molar-refractivity contribution is 0.0970. The molecule has 0 amide bonds. The summed E-state index contributed by atoms with van der Waals surface area (Å²) in [5, 5.41) is 4.08. The molecule has 140 valence electrons. The van der Waals surface area contributed by atoms with Gasteiger partial charge in [0.1, 0.15) is 6.04 Å². The Bertz CT molecular complexity index is 1120. The summed E-state index contributed by atoms with van der Waals surface area (Å²) in [6.07, 6.45) is 1.75. The zero-order valence-electron chi connectivity index (χ0n) is 15.6. The van der Waals surface area contributed by atoms with Crippen LogP contribution in [0.15, 0.2) is 66.9 Å². The summed E-state index contributed by atoms with van der Waals surface area (Å²) in [6.45, 7) is 1.86. The molecule has 0 saturated heterocycles. The van der Waals surface area contributed by atoms with Crippen molar-refractivity contribution in [3.05, 3.63) is 83.7 Å². The summed E-state index contributed by atoms with van der Waals surface area (Å²) >= 11 is 0. The molecule has 2 heterocycles. The molecule has 0 fully saturated rings. The predicted octanol–water partition coefficient (Wildman–Crippen LogP) is 4.31. The highest BCUT2D eigenvalue weighted by atomic mass is 16.5. The Labute approximate surface area is 162 Å². The van der Waals surface area contributed by atoms with Gasteiger partial charge < -0.3 is 15.0 Å². The van der Waals surface area contributed by atoms with Crippen LogP contribution in [-0.4, -0.2) is 27.8 Å². The van der Waals surface area contributed by atoms with E-state index in [0.717, 1.165) is 22.2 Å². The molecule has 1 unspecified atom stereocenters. The number of methoxy groups -OCH3 is 1. The Balaban J connectivity index is 1.76. The van der Waals surface area contributed by atoms with Crippen molar-refractivity contribution >= 4 is 22.6 Å². The van der Waals surface area contributed by atoms with E-state index in [1.807, 2.05) is 61.5 Å². The van der Waals surface area contributed by atoms with Crippen molar-refractivity contribution in [2.45, 2.75) is 13.0 Å². The van der Waals surface area contributed by atoms with E-state index in [2.05, 4.69) is 20.3 Å². The van der Waals surface area contributed by atoms with Gasteiger partial charge in [-0.1, -0.05) is 48.5 Å². The monoisotopic (exact) mass is 372 g/mol. The van der Waals surface area contributed by atoms with Gasteiger partial charge in [-0.15, -0.1) is 0 Å². The summed E-state index contributed by atoms with van der Waals surface area (Å²) < 4.78 is 5.23. The van der Waals surface area contributed by atoms with Crippen LogP contribution >= 0.6 is 0 Å². The summed E-state index contributed by atoms with van der Waals surface area (Å²) in [5.74, 6) is 0.730. The molecule has 4 aromatic rings. The molecule has 6 heteroatoms. The number of nitrogens with one attached hydrogen (secondary N) is 2. The van der Waals surface area contributed by atoms with Crippen LogP contribution < -0.4 is 10.1 Å². The quantitative estimate of drug-likeness (QED) is 0.493. The molecule has 4 rings (SSSR count). The van der Waals surface area contributed by atoms with E-state index in [9.17, 15) is 4.79 Å². The SMILES string of the molecule is COc1cc(C)nc(NC(C(=O)c2c[nH]c3ccccc23)c2ccccc2)n1. The summed E-state index contributed by atoms with van der Waals surface area (Å²) in [7, 11) is 1.55. The van der Waals surface area contributed by atoms with Crippen LogP contribution in [-0.2, 0) is 0 Å². The van der Waals surface area contributed by atoms with Crippen LogP contribution in [0.5, 0.6) is 5.88 Å². The van der Waals surface area contributed by atoms with Gasteiger partial charge >= 0.3 is 0 Å². The summed E-state index contributed by atoms with van der Waals surface area (Å²) in [5.41, 5.74) is 3.13. The maximum Gasteiger partial charge on any atom is 0.227 e. The van der Waals surface area contributed by atoms with Gasteiger partial charge in [0.2, 0.25) is 11.8 Å². The van der Waals surface area contributed by atoms with Gasteiger partial charge in [0.15, 0.2) is 5.78 Å². The first-order chi connectivity index (χ1) is 13.7. The minimum absolute atomic E-state index is 0.0623. The molecular formula is C22H20N4O2. The third-order valence-corrected chi connectivity index (χ3v) is 4.56. The van der Waals surface area contributed by atoms with Gasteiger partial charge in [-0.25, -0.2) is 4.98 Å². The van der Waals surface area contributed by atoms with Crippen LogP contribution in [0.25, 0.3) is 10.9 Å². The van der Waals surface area contributed by atoms with Gasteiger partial charge in [0.05, 0.1) is 7.11 Å². The molecule has 0 saturated carbocycles. The second-order valence-corrected chi connectivity index (χ2v) is 6.48. The molecule has 2 N–H and O–H groups in total. The molecule has 0 aliphatic carbocycles. The number of hydrogen-bond acceptors (Lipinski definition) is 5. The molecule has 0 bridgehead atoms. The number of fused-ring (bicyclic) bond motifs is 1. The predicted molar refractivity (Wildman–Crippen MR) is 109 cm³/mol. The van der Waals surface area contributed by atoms with Crippen molar-refractivity contribution in [3.63, 3.8) is 0 Å². The van der Waals surface area contributed by atoms with E-state index >= 15 is 0 Å². The number of hydrogen-bond donors (Lipinski definition) is 2.